The van der Waals surface area contributed by atoms with Crippen LogP contribution in [-0.2, 0) is 0 Å². The number of aryl methyl sites for hydroxylation is 1. The van der Waals surface area contributed by atoms with E-state index in [1.54, 1.807) is 0 Å². The third kappa shape index (κ3) is 1.86. The van der Waals surface area contributed by atoms with Crippen LogP contribution in [0.1, 0.15) is 29.5 Å². The third-order valence-corrected chi connectivity index (χ3v) is 3.04. The molecule has 2 N–H and O–H groups in total. The Kier molecular flexibility index (Phi) is 3.40. The lowest BCUT2D eigenvalue weighted by molar-refractivity contribution is 0.270. The molecule has 1 atom stereocenters. The van der Waals surface area contributed by atoms with Crippen molar-refractivity contribution in [1.29, 1.82) is 0 Å². The van der Waals surface area contributed by atoms with Gasteiger partial charge in [-0.25, -0.2) is 0 Å². The SMILES string of the molecule is Cc1cc(C(C)CO)c(O)c(Cl)c1C. The number of aromatic hydroxyl groups is 1. The zero-order valence-electron chi connectivity index (χ0n) is 8.63. The number of hydrogen-bond acceptors (Lipinski definition) is 2. The molecular formula is C11H15ClO2. The molecule has 3 heteroatoms. The molecule has 1 rings (SSSR count). The van der Waals surface area contributed by atoms with Crippen LogP contribution in [0.4, 0.5) is 0 Å². The van der Waals surface area contributed by atoms with Gasteiger partial charge in [0, 0.05) is 18.1 Å². The van der Waals surface area contributed by atoms with E-state index in [-0.39, 0.29) is 18.3 Å². The maximum Gasteiger partial charge on any atom is 0.138 e. The summed E-state index contributed by atoms with van der Waals surface area (Å²) >= 11 is 5.96. The van der Waals surface area contributed by atoms with Crippen molar-refractivity contribution < 1.29 is 10.2 Å². The Morgan fingerprint density at radius 3 is 2.50 bits per heavy atom. The molecule has 0 aromatic heterocycles. The van der Waals surface area contributed by atoms with Gasteiger partial charge in [0.2, 0.25) is 0 Å². The first-order valence-electron chi connectivity index (χ1n) is 4.58. The van der Waals surface area contributed by atoms with Crippen LogP contribution in [0.15, 0.2) is 6.07 Å². The number of phenols is 1. The molecule has 1 aromatic rings. The van der Waals surface area contributed by atoms with Crippen LogP contribution < -0.4 is 0 Å². The fraction of sp³-hybridized carbons (Fsp3) is 0.455. The van der Waals surface area contributed by atoms with E-state index in [1.807, 2.05) is 26.8 Å². The second-order valence-corrected chi connectivity index (χ2v) is 4.03. The minimum atomic E-state index is -0.0909. The lowest BCUT2D eigenvalue weighted by Crippen LogP contribution is -2.01. The Labute approximate surface area is 89.1 Å². The number of aliphatic hydroxyl groups excluding tert-OH is 1. The molecule has 0 spiro atoms. The smallest absolute Gasteiger partial charge is 0.138 e. The quantitative estimate of drug-likeness (QED) is 0.795. The molecular weight excluding hydrogens is 200 g/mol. The number of phenolic OH excluding ortho intramolecular Hbond substituents is 1. The van der Waals surface area contributed by atoms with E-state index >= 15 is 0 Å². The summed E-state index contributed by atoms with van der Waals surface area (Å²) in [5, 5.41) is 19.2. The van der Waals surface area contributed by atoms with Gasteiger partial charge in [-0.15, -0.1) is 0 Å². The molecule has 1 aromatic carbocycles. The standard InChI is InChI=1S/C11H15ClO2/c1-6-4-9(7(2)5-13)11(14)10(12)8(6)3/h4,7,13-14H,5H2,1-3H3. The highest BCUT2D eigenvalue weighted by atomic mass is 35.5. The second-order valence-electron chi connectivity index (χ2n) is 3.65. The van der Waals surface area contributed by atoms with E-state index in [0.717, 1.165) is 11.1 Å². The Morgan fingerprint density at radius 1 is 1.43 bits per heavy atom. The first kappa shape index (κ1) is 11.3. The Bertz CT molecular complexity index is 348. The average Bonchev–Trinajstić information content (AvgIpc) is 2.19. The topological polar surface area (TPSA) is 40.5 Å². The predicted molar refractivity (Wildman–Crippen MR) is 58.1 cm³/mol. The summed E-state index contributed by atoms with van der Waals surface area (Å²) in [6.07, 6.45) is 0. The normalized spacial score (nSPS) is 12.9. The van der Waals surface area contributed by atoms with Gasteiger partial charge in [0.1, 0.15) is 5.75 Å². The molecule has 0 amide bonds. The van der Waals surface area contributed by atoms with Crippen LogP contribution in [0.2, 0.25) is 5.02 Å². The molecule has 0 heterocycles. The lowest BCUT2D eigenvalue weighted by atomic mass is 9.96. The molecule has 0 saturated heterocycles. The highest BCUT2D eigenvalue weighted by Crippen LogP contribution is 2.36. The predicted octanol–water partition coefficient (Wildman–Crippen LogP) is 2.76. The molecule has 0 aliphatic heterocycles. The third-order valence-electron chi connectivity index (χ3n) is 2.58. The first-order valence-corrected chi connectivity index (χ1v) is 4.96. The number of aliphatic hydroxyl groups is 1. The van der Waals surface area contributed by atoms with Gasteiger partial charge in [-0.1, -0.05) is 24.6 Å². The molecule has 2 nitrogen and oxygen atoms in total. The number of rotatable bonds is 2. The van der Waals surface area contributed by atoms with Crippen LogP contribution in [0.5, 0.6) is 5.75 Å². The van der Waals surface area contributed by atoms with Crippen molar-refractivity contribution in [2.75, 3.05) is 6.61 Å². The first-order chi connectivity index (χ1) is 6.49. The maximum atomic E-state index is 9.76. The van der Waals surface area contributed by atoms with Crippen LogP contribution in [0.3, 0.4) is 0 Å². The number of hydrogen-bond donors (Lipinski definition) is 2. The summed E-state index contributed by atoms with van der Waals surface area (Å²) in [5.74, 6) is 0.00289. The molecule has 78 valence electrons. The van der Waals surface area contributed by atoms with Crippen LogP contribution >= 0.6 is 11.6 Å². The lowest BCUT2D eigenvalue weighted by Gasteiger charge is -2.15. The average molecular weight is 215 g/mol. The molecule has 1 unspecified atom stereocenters. The highest BCUT2D eigenvalue weighted by Gasteiger charge is 2.15. The molecule has 0 radical (unpaired) electrons. The number of benzene rings is 1. The fourth-order valence-electron chi connectivity index (χ4n) is 1.36. The largest absolute Gasteiger partial charge is 0.506 e. The molecule has 0 bridgehead atoms. The zero-order valence-corrected chi connectivity index (χ0v) is 9.39. The van der Waals surface area contributed by atoms with Gasteiger partial charge in [-0.2, -0.15) is 0 Å². The molecule has 0 aliphatic carbocycles. The van der Waals surface area contributed by atoms with E-state index in [4.69, 9.17) is 16.7 Å². The van der Waals surface area contributed by atoms with Crippen molar-refractivity contribution in [2.24, 2.45) is 0 Å². The van der Waals surface area contributed by atoms with Gasteiger partial charge in [0.05, 0.1) is 5.02 Å². The Balaban J connectivity index is 3.33. The number of halogens is 1. The summed E-state index contributed by atoms with van der Waals surface area (Å²) < 4.78 is 0. The summed E-state index contributed by atoms with van der Waals surface area (Å²) in [7, 11) is 0. The van der Waals surface area contributed by atoms with Crippen molar-refractivity contribution in [3.8, 4) is 5.75 Å². The molecule has 14 heavy (non-hydrogen) atoms. The van der Waals surface area contributed by atoms with E-state index < -0.39 is 0 Å². The van der Waals surface area contributed by atoms with Gasteiger partial charge in [-0.05, 0) is 25.0 Å². The van der Waals surface area contributed by atoms with Gasteiger partial charge in [0.15, 0.2) is 0 Å². The summed E-state index contributed by atoms with van der Waals surface area (Å²) in [4.78, 5) is 0. The maximum absolute atomic E-state index is 9.76. The van der Waals surface area contributed by atoms with Crippen LogP contribution in [0, 0.1) is 13.8 Å². The Hall–Kier alpha value is -0.730. The van der Waals surface area contributed by atoms with Gasteiger partial charge in [-0.3, -0.25) is 0 Å². The second kappa shape index (κ2) is 4.20. The van der Waals surface area contributed by atoms with Gasteiger partial charge in [0.25, 0.3) is 0 Å². The van der Waals surface area contributed by atoms with E-state index in [1.165, 1.54) is 0 Å². The fourth-order valence-corrected chi connectivity index (χ4v) is 1.62. The van der Waals surface area contributed by atoms with Crippen molar-refractivity contribution >= 4 is 11.6 Å². The van der Waals surface area contributed by atoms with Gasteiger partial charge < -0.3 is 10.2 Å². The Morgan fingerprint density at radius 2 is 2.00 bits per heavy atom. The van der Waals surface area contributed by atoms with Crippen molar-refractivity contribution in [2.45, 2.75) is 26.7 Å². The van der Waals surface area contributed by atoms with Crippen LogP contribution in [0.25, 0.3) is 0 Å². The van der Waals surface area contributed by atoms with Crippen molar-refractivity contribution in [3.05, 3.63) is 27.8 Å². The molecule has 0 fully saturated rings. The summed E-state index contributed by atoms with van der Waals surface area (Å²) in [6.45, 7) is 5.66. The van der Waals surface area contributed by atoms with E-state index in [0.29, 0.717) is 10.6 Å². The van der Waals surface area contributed by atoms with Gasteiger partial charge >= 0.3 is 0 Å². The molecule has 0 aliphatic rings. The van der Waals surface area contributed by atoms with E-state index in [9.17, 15) is 5.11 Å². The minimum Gasteiger partial charge on any atom is -0.506 e. The molecule has 0 saturated carbocycles. The van der Waals surface area contributed by atoms with E-state index in [2.05, 4.69) is 0 Å². The highest BCUT2D eigenvalue weighted by molar-refractivity contribution is 6.33. The van der Waals surface area contributed by atoms with Crippen molar-refractivity contribution in [3.63, 3.8) is 0 Å². The summed E-state index contributed by atoms with van der Waals surface area (Å²) in [5.41, 5.74) is 2.63. The van der Waals surface area contributed by atoms with Crippen LogP contribution in [-0.4, -0.2) is 16.8 Å². The summed E-state index contributed by atoms with van der Waals surface area (Å²) in [6, 6.07) is 1.87. The van der Waals surface area contributed by atoms with Crippen molar-refractivity contribution in [1.82, 2.24) is 0 Å². The minimum absolute atomic E-state index is 0.00634. The zero-order chi connectivity index (χ0) is 10.9. The monoisotopic (exact) mass is 214 g/mol.